The van der Waals surface area contributed by atoms with E-state index in [1.54, 1.807) is 0 Å². The Morgan fingerprint density at radius 3 is 2.38 bits per heavy atom. The summed E-state index contributed by atoms with van der Waals surface area (Å²) in [5.41, 5.74) is -2.78. The molecule has 1 rings (SSSR count). The molecule has 0 heterocycles. The molecule has 6 heteroatoms. The van der Waals surface area contributed by atoms with E-state index in [1.165, 1.54) is 6.92 Å². The monoisotopic (exact) mass is 232 g/mol. The van der Waals surface area contributed by atoms with Crippen LogP contribution < -0.4 is 0 Å². The van der Waals surface area contributed by atoms with E-state index in [2.05, 4.69) is 0 Å². The molecule has 2 unspecified atom stereocenters. The number of carboxylic acid groups (broad SMARTS) is 2. The van der Waals surface area contributed by atoms with Crippen LogP contribution in [0.5, 0.6) is 0 Å². The maximum atomic E-state index is 12.9. The molecule has 88 valence electrons. The molecule has 2 atom stereocenters. The van der Waals surface area contributed by atoms with Crippen molar-refractivity contribution in [2.45, 2.75) is 13.3 Å². The van der Waals surface area contributed by atoms with Gasteiger partial charge in [-0.1, -0.05) is 25.2 Å². The Morgan fingerprint density at radius 2 is 2.00 bits per heavy atom. The minimum Gasteiger partial charge on any atom is -0.480 e. The molecule has 16 heavy (non-hydrogen) atoms. The summed E-state index contributed by atoms with van der Waals surface area (Å²) in [6.45, 7) is 1.17. The van der Waals surface area contributed by atoms with Crippen LogP contribution >= 0.6 is 0 Å². The van der Waals surface area contributed by atoms with Crippen LogP contribution in [-0.4, -0.2) is 28.6 Å². The van der Waals surface area contributed by atoms with Crippen LogP contribution in [-0.2, 0) is 9.59 Å². The Labute approximate surface area is 89.9 Å². The fourth-order valence-electron chi connectivity index (χ4n) is 1.73. The molecule has 0 amide bonds. The lowest BCUT2D eigenvalue weighted by atomic mass is 9.70. The number of alkyl halides is 2. The predicted molar refractivity (Wildman–Crippen MR) is 50.1 cm³/mol. The van der Waals surface area contributed by atoms with Gasteiger partial charge in [0.15, 0.2) is 5.41 Å². The van der Waals surface area contributed by atoms with Crippen molar-refractivity contribution in [3.8, 4) is 0 Å². The Kier molecular flexibility index (Phi) is 3.11. The van der Waals surface area contributed by atoms with Gasteiger partial charge in [0.25, 0.3) is 6.43 Å². The number of rotatable bonds is 3. The summed E-state index contributed by atoms with van der Waals surface area (Å²) in [6, 6.07) is 0. The maximum absolute atomic E-state index is 12.9. The molecule has 0 saturated carbocycles. The Balaban J connectivity index is 3.27. The summed E-state index contributed by atoms with van der Waals surface area (Å²) in [7, 11) is 0. The largest absolute Gasteiger partial charge is 0.480 e. The van der Waals surface area contributed by atoms with Crippen molar-refractivity contribution in [1.29, 1.82) is 0 Å². The fraction of sp³-hybridized carbons (Fsp3) is 0.400. The molecule has 4 nitrogen and oxygen atoms in total. The molecule has 0 aromatic heterocycles. The van der Waals surface area contributed by atoms with E-state index in [0.29, 0.717) is 0 Å². The average Bonchev–Trinajstić information content (AvgIpc) is 2.16. The van der Waals surface area contributed by atoms with Gasteiger partial charge in [0.2, 0.25) is 0 Å². The number of hydrogen-bond acceptors (Lipinski definition) is 2. The quantitative estimate of drug-likeness (QED) is 0.773. The molecular weight excluding hydrogens is 222 g/mol. The Morgan fingerprint density at radius 1 is 1.44 bits per heavy atom. The number of hydrogen-bond donors (Lipinski definition) is 2. The van der Waals surface area contributed by atoms with E-state index in [9.17, 15) is 18.4 Å². The molecule has 0 aromatic rings. The third-order valence-electron chi connectivity index (χ3n) is 2.81. The first-order valence-corrected chi connectivity index (χ1v) is 4.48. The van der Waals surface area contributed by atoms with Gasteiger partial charge in [0.1, 0.15) is 0 Å². The first-order chi connectivity index (χ1) is 7.34. The van der Waals surface area contributed by atoms with Crippen LogP contribution in [0.3, 0.4) is 0 Å². The lowest BCUT2D eigenvalue weighted by molar-refractivity contribution is -0.158. The van der Waals surface area contributed by atoms with E-state index < -0.39 is 29.7 Å². The molecule has 0 saturated heterocycles. The van der Waals surface area contributed by atoms with E-state index in [0.717, 1.165) is 18.2 Å². The smallest absolute Gasteiger partial charge is 0.331 e. The third-order valence-corrected chi connectivity index (χ3v) is 2.81. The summed E-state index contributed by atoms with van der Waals surface area (Å²) in [4.78, 5) is 21.7. The van der Waals surface area contributed by atoms with Crippen molar-refractivity contribution in [2.24, 2.45) is 11.3 Å². The first-order valence-electron chi connectivity index (χ1n) is 4.48. The molecule has 1 aliphatic rings. The zero-order valence-corrected chi connectivity index (χ0v) is 8.35. The van der Waals surface area contributed by atoms with E-state index in [4.69, 9.17) is 10.2 Å². The van der Waals surface area contributed by atoms with Crippen molar-refractivity contribution in [3.63, 3.8) is 0 Å². The number of allylic oxidation sites excluding steroid dienone is 2. The van der Waals surface area contributed by atoms with Gasteiger partial charge in [0.05, 0.1) is 0 Å². The van der Waals surface area contributed by atoms with Crippen LogP contribution in [0.15, 0.2) is 23.8 Å². The van der Waals surface area contributed by atoms with Crippen LogP contribution in [0.1, 0.15) is 6.92 Å². The zero-order valence-electron chi connectivity index (χ0n) is 8.35. The highest BCUT2D eigenvalue weighted by atomic mass is 19.3. The minimum absolute atomic E-state index is 0.329. The Bertz CT molecular complexity index is 386. The standard InChI is InChI=1S/C10H10F2O4/c1-5-6(7(13)14)3-2-4-10(5,8(11)12)9(15)16/h2-5,8H,1H3,(H,13,14)(H,15,16). The number of halogens is 2. The summed E-state index contributed by atoms with van der Waals surface area (Å²) >= 11 is 0. The van der Waals surface area contributed by atoms with Gasteiger partial charge in [-0.3, -0.25) is 4.79 Å². The summed E-state index contributed by atoms with van der Waals surface area (Å²) in [5.74, 6) is -4.39. The van der Waals surface area contributed by atoms with Crippen molar-refractivity contribution in [1.82, 2.24) is 0 Å². The topological polar surface area (TPSA) is 74.6 Å². The van der Waals surface area contributed by atoms with E-state index in [1.807, 2.05) is 0 Å². The molecule has 0 spiro atoms. The SMILES string of the molecule is CC1C(C(=O)O)=CC=CC1(C(=O)O)C(F)F. The highest BCUT2D eigenvalue weighted by molar-refractivity contribution is 5.91. The van der Waals surface area contributed by atoms with Gasteiger partial charge < -0.3 is 10.2 Å². The molecule has 0 aliphatic heterocycles. The van der Waals surface area contributed by atoms with Crippen molar-refractivity contribution >= 4 is 11.9 Å². The second-order valence-electron chi connectivity index (χ2n) is 3.55. The normalized spacial score (nSPS) is 29.0. The fourth-order valence-corrected chi connectivity index (χ4v) is 1.73. The van der Waals surface area contributed by atoms with Gasteiger partial charge >= 0.3 is 11.9 Å². The molecule has 0 bridgehead atoms. The average molecular weight is 232 g/mol. The van der Waals surface area contributed by atoms with Crippen molar-refractivity contribution < 1.29 is 28.6 Å². The Hall–Kier alpha value is -1.72. The molecule has 0 radical (unpaired) electrons. The highest BCUT2D eigenvalue weighted by Gasteiger charge is 2.53. The highest BCUT2D eigenvalue weighted by Crippen LogP contribution is 2.42. The number of aliphatic carboxylic acids is 2. The molecular formula is C10H10F2O4. The lowest BCUT2D eigenvalue weighted by Gasteiger charge is -2.33. The van der Waals surface area contributed by atoms with Gasteiger partial charge in [-0.05, 0) is 0 Å². The van der Waals surface area contributed by atoms with Crippen LogP contribution in [0.2, 0.25) is 0 Å². The molecule has 1 aliphatic carbocycles. The van der Waals surface area contributed by atoms with Gasteiger partial charge in [-0.2, -0.15) is 0 Å². The third kappa shape index (κ3) is 1.60. The van der Waals surface area contributed by atoms with Gasteiger partial charge in [0, 0.05) is 11.5 Å². The molecule has 0 fully saturated rings. The second kappa shape index (κ2) is 4.03. The predicted octanol–water partition coefficient (Wildman–Crippen LogP) is 1.54. The minimum atomic E-state index is -3.17. The van der Waals surface area contributed by atoms with Crippen molar-refractivity contribution in [2.75, 3.05) is 0 Å². The van der Waals surface area contributed by atoms with E-state index >= 15 is 0 Å². The second-order valence-corrected chi connectivity index (χ2v) is 3.55. The van der Waals surface area contributed by atoms with Gasteiger partial charge in [-0.15, -0.1) is 0 Å². The molecule has 0 aromatic carbocycles. The van der Waals surface area contributed by atoms with Crippen LogP contribution in [0.4, 0.5) is 8.78 Å². The summed E-state index contributed by atoms with van der Waals surface area (Å²) in [5, 5.41) is 17.6. The van der Waals surface area contributed by atoms with Crippen LogP contribution in [0.25, 0.3) is 0 Å². The number of carbonyl (C=O) groups is 2. The first kappa shape index (κ1) is 12.4. The summed E-state index contributed by atoms with van der Waals surface area (Å²) in [6.07, 6.45) is -0.142. The lowest BCUT2D eigenvalue weighted by Crippen LogP contribution is -2.45. The maximum Gasteiger partial charge on any atom is 0.331 e. The van der Waals surface area contributed by atoms with Gasteiger partial charge in [-0.25, -0.2) is 13.6 Å². The number of carboxylic acids is 2. The zero-order chi connectivity index (χ0) is 12.5. The molecule has 2 N–H and O–H groups in total. The van der Waals surface area contributed by atoms with Crippen molar-refractivity contribution in [3.05, 3.63) is 23.8 Å². The van der Waals surface area contributed by atoms with Crippen LogP contribution in [0, 0.1) is 11.3 Å². The van der Waals surface area contributed by atoms with E-state index in [-0.39, 0.29) is 5.57 Å². The summed E-state index contributed by atoms with van der Waals surface area (Å²) < 4.78 is 25.7.